The van der Waals surface area contributed by atoms with Gasteiger partial charge in [0.25, 0.3) is 0 Å². The number of amides is 2. The van der Waals surface area contributed by atoms with E-state index in [0.717, 1.165) is 35.9 Å². The number of aryl methyl sites for hydroxylation is 2. The van der Waals surface area contributed by atoms with E-state index in [2.05, 4.69) is 11.4 Å². The van der Waals surface area contributed by atoms with Gasteiger partial charge in [0.2, 0.25) is 11.8 Å². The number of carbonyl (C=O) groups is 2. The van der Waals surface area contributed by atoms with Gasteiger partial charge in [0.15, 0.2) is 9.84 Å². The number of sulfone groups is 1. The molecule has 0 aliphatic carbocycles. The molecule has 0 saturated carbocycles. The summed E-state index contributed by atoms with van der Waals surface area (Å²) in [6.07, 6.45) is 3.58. The lowest BCUT2D eigenvalue weighted by Crippen LogP contribution is -2.35. The third-order valence-electron chi connectivity index (χ3n) is 5.12. The average molecular weight is 483 g/mol. The van der Waals surface area contributed by atoms with Gasteiger partial charge in [-0.15, -0.1) is 0 Å². The van der Waals surface area contributed by atoms with Crippen LogP contribution in [0.15, 0.2) is 35.2 Å². The second-order valence-electron chi connectivity index (χ2n) is 7.72. The monoisotopic (exact) mass is 482 g/mol. The fourth-order valence-corrected chi connectivity index (χ4v) is 5.00. The van der Waals surface area contributed by atoms with Crippen LogP contribution in [-0.2, 0) is 25.8 Å². The fourth-order valence-electron chi connectivity index (χ4n) is 3.66. The minimum absolute atomic E-state index is 0.0601. The molecule has 1 aliphatic rings. The molecular formula is C22H24Cl2N2O4S. The van der Waals surface area contributed by atoms with Crippen LogP contribution in [0.1, 0.15) is 36.8 Å². The topological polar surface area (TPSA) is 83.6 Å². The van der Waals surface area contributed by atoms with E-state index in [4.69, 9.17) is 23.2 Å². The molecule has 1 N–H and O–H groups in total. The number of nitrogens with zero attached hydrogens (tertiary/aromatic N) is 1. The minimum Gasteiger partial charge on any atom is -0.325 e. The van der Waals surface area contributed by atoms with Crippen molar-refractivity contribution in [2.45, 2.75) is 43.9 Å². The first kappa shape index (κ1) is 23.6. The Morgan fingerprint density at radius 3 is 2.52 bits per heavy atom. The van der Waals surface area contributed by atoms with E-state index in [1.807, 2.05) is 13.0 Å². The van der Waals surface area contributed by atoms with Gasteiger partial charge in [-0.25, -0.2) is 8.42 Å². The molecule has 0 spiro atoms. The van der Waals surface area contributed by atoms with Crippen molar-refractivity contribution in [1.82, 2.24) is 0 Å². The van der Waals surface area contributed by atoms with Gasteiger partial charge in [-0.05, 0) is 61.6 Å². The number of hydrogen-bond acceptors (Lipinski definition) is 4. The van der Waals surface area contributed by atoms with E-state index in [9.17, 15) is 18.0 Å². The SMILES string of the molecule is Cc1cc(Cl)c2c(c1)CCCN2C(=O)CCCC(=O)Nc1ccc(S(C)(=O)=O)cc1Cl. The second-order valence-corrected chi connectivity index (χ2v) is 10.5. The van der Waals surface area contributed by atoms with Crippen LogP contribution < -0.4 is 10.2 Å². The van der Waals surface area contributed by atoms with Gasteiger partial charge in [-0.3, -0.25) is 9.59 Å². The molecule has 2 amide bonds. The van der Waals surface area contributed by atoms with E-state index in [1.165, 1.54) is 18.2 Å². The van der Waals surface area contributed by atoms with Crippen molar-refractivity contribution in [3.63, 3.8) is 0 Å². The Bertz CT molecular complexity index is 1130. The molecule has 2 aromatic rings. The first-order valence-electron chi connectivity index (χ1n) is 9.95. The van der Waals surface area contributed by atoms with Gasteiger partial charge >= 0.3 is 0 Å². The van der Waals surface area contributed by atoms with Gasteiger partial charge in [-0.1, -0.05) is 29.3 Å². The lowest BCUT2D eigenvalue weighted by atomic mass is 9.99. The molecule has 0 saturated heterocycles. The minimum atomic E-state index is -3.38. The third kappa shape index (κ3) is 5.79. The van der Waals surface area contributed by atoms with E-state index < -0.39 is 9.84 Å². The number of nitrogens with one attached hydrogen (secondary N) is 1. The summed E-state index contributed by atoms with van der Waals surface area (Å²) >= 11 is 12.5. The normalized spacial score (nSPS) is 13.6. The standard InChI is InChI=1S/C22H24Cl2N2O4S/c1-14-11-15-5-4-10-26(22(15)18(24)12-14)21(28)7-3-6-20(27)25-19-9-8-16(13-17(19)23)31(2,29)30/h8-9,11-13H,3-7,10H2,1-2H3,(H,25,27). The first-order chi connectivity index (χ1) is 14.6. The molecule has 0 aromatic heterocycles. The zero-order chi connectivity index (χ0) is 22.8. The predicted molar refractivity (Wildman–Crippen MR) is 124 cm³/mol. The molecule has 9 heteroatoms. The molecule has 0 fully saturated rings. The van der Waals surface area contributed by atoms with Gasteiger partial charge < -0.3 is 10.2 Å². The van der Waals surface area contributed by atoms with E-state index in [0.29, 0.717) is 23.7 Å². The lowest BCUT2D eigenvalue weighted by molar-refractivity contribution is -0.119. The molecule has 166 valence electrons. The summed E-state index contributed by atoms with van der Waals surface area (Å²) in [5, 5.41) is 3.38. The number of benzene rings is 2. The van der Waals surface area contributed by atoms with Crippen LogP contribution in [0, 0.1) is 6.92 Å². The smallest absolute Gasteiger partial charge is 0.227 e. The Hall–Kier alpha value is -2.09. The van der Waals surface area contributed by atoms with Crippen molar-refractivity contribution in [1.29, 1.82) is 0 Å². The molecule has 0 radical (unpaired) electrons. The Morgan fingerprint density at radius 2 is 1.84 bits per heavy atom. The maximum absolute atomic E-state index is 12.8. The molecule has 2 aromatic carbocycles. The van der Waals surface area contributed by atoms with Crippen molar-refractivity contribution in [3.8, 4) is 0 Å². The highest BCUT2D eigenvalue weighted by atomic mass is 35.5. The van der Waals surface area contributed by atoms with E-state index >= 15 is 0 Å². The highest BCUT2D eigenvalue weighted by Gasteiger charge is 2.25. The van der Waals surface area contributed by atoms with Crippen molar-refractivity contribution in [3.05, 3.63) is 51.5 Å². The Kier molecular flexibility index (Phi) is 7.29. The summed E-state index contributed by atoms with van der Waals surface area (Å²) in [4.78, 5) is 26.8. The molecule has 31 heavy (non-hydrogen) atoms. The first-order valence-corrected chi connectivity index (χ1v) is 12.6. The number of rotatable bonds is 6. The molecule has 6 nitrogen and oxygen atoms in total. The summed E-state index contributed by atoms with van der Waals surface area (Å²) < 4.78 is 23.2. The van der Waals surface area contributed by atoms with Crippen LogP contribution in [0.4, 0.5) is 11.4 Å². The molecular weight excluding hydrogens is 459 g/mol. The van der Waals surface area contributed by atoms with Crippen molar-refractivity contribution < 1.29 is 18.0 Å². The van der Waals surface area contributed by atoms with E-state index in [-0.39, 0.29) is 34.6 Å². The van der Waals surface area contributed by atoms with Crippen molar-refractivity contribution in [2.75, 3.05) is 23.0 Å². The molecule has 3 rings (SSSR count). The van der Waals surface area contributed by atoms with Crippen LogP contribution in [0.3, 0.4) is 0 Å². The van der Waals surface area contributed by atoms with Crippen LogP contribution >= 0.6 is 23.2 Å². The van der Waals surface area contributed by atoms with Crippen LogP contribution in [-0.4, -0.2) is 33.0 Å². The Balaban J connectivity index is 1.57. The zero-order valence-electron chi connectivity index (χ0n) is 17.4. The highest BCUT2D eigenvalue weighted by molar-refractivity contribution is 7.90. The van der Waals surface area contributed by atoms with Crippen LogP contribution in [0.2, 0.25) is 10.0 Å². The van der Waals surface area contributed by atoms with Crippen LogP contribution in [0.25, 0.3) is 0 Å². The summed E-state index contributed by atoms with van der Waals surface area (Å²) in [6, 6.07) is 8.07. The van der Waals surface area contributed by atoms with Gasteiger partial charge in [0.05, 0.1) is 26.3 Å². The third-order valence-corrected chi connectivity index (χ3v) is 6.83. The number of hydrogen-bond donors (Lipinski definition) is 1. The number of carbonyl (C=O) groups excluding carboxylic acids is 2. The molecule has 1 heterocycles. The van der Waals surface area contributed by atoms with Gasteiger partial charge in [0, 0.05) is 25.6 Å². The fraction of sp³-hybridized carbons (Fsp3) is 0.364. The average Bonchev–Trinajstić information content (AvgIpc) is 2.67. The maximum atomic E-state index is 12.8. The van der Waals surface area contributed by atoms with Crippen LogP contribution in [0.5, 0.6) is 0 Å². The quantitative estimate of drug-likeness (QED) is 0.640. The molecule has 0 unspecified atom stereocenters. The zero-order valence-corrected chi connectivity index (χ0v) is 19.7. The van der Waals surface area contributed by atoms with Crippen molar-refractivity contribution in [2.24, 2.45) is 0 Å². The lowest BCUT2D eigenvalue weighted by Gasteiger charge is -2.31. The van der Waals surface area contributed by atoms with Gasteiger partial charge in [0.1, 0.15) is 0 Å². The predicted octanol–water partition coefficient (Wildman–Crippen LogP) is 4.79. The van der Waals surface area contributed by atoms with Gasteiger partial charge in [-0.2, -0.15) is 0 Å². The summed E-state index contributed by atoms with van der Waals surface area (Å²) in [5.41, 5.74) is 3.26. The maximum Gasteiger partial charge on any atom is 0.227 e. The summed E-state index contributed by atoms with van der Waals surface area (Å²) in [7, 11) is -3.38. The molecule has 0 bridgehead atoms. The number of anilines is 2. The molecule has 0 atom stereocenters. The Labute approximate surface area is 192 Å². The number of fused-ring (bicyclic) bond motifs is 1. The second kappa shape index (κ2) is 9.59. The number of halogens is 2. The summed E-state index contributed by atoms with van der Waals surface area (Å²) in [6.45, 7) is 2.59. The van der Waals surface area contributed by atoms with Crippen molar-refractivity contribution >= 4 is 56.2 Å². The summed E-state index contributed by atoms with van der Waals surface area (Å²) in [5.74, 6) is -0.357. The van der Waals surface area contributed by atoms with E-state index in [1.54, 1.807) is 4.90 Å². The molecule has 1 aliphatic heterocycles. The largest absolute Gasteiger partial charge is 0.325 e. The highest BCUT2D eigenvalue weighted by Crippen LogP contribution is 2.36. The Morgan fingerprint density at radius 1 is 1.10 bits per heavy atom.